The summed E-state index contributed by atoms with van der Waals surface area (Å²) in [7, 11) is 1.60. The van der Waals surface area contributed by atoms with Crippen LogP contribution < -0.4 is 20.9 Å². The molecule has 2 N–H and O–H groups in total. The van der Waals surface area contributed by atoms with Gasteiger partial charge in [-0.25, -0.2) is 4.79 Å². The lowest BCUT2D eigenvalue weighted by Gasteiger charge is -2.22. The molecule has 2 amide bonds. The van der Waals surface area contributed by atoms with Crippen molar-refractivity contribution in [2.75, 3.05) is 17.7 Å². The van der Waals surface area contributed by atoms with Gasteiger partial charge in [-0.1, -0.05) is 58.0 Å². The van der Waals surface area contributed by atoms with E-state index in [2.05, 4.69) is 43.3 Å². The Hall–Kier alpha value is -4.13. The number of nitrogens with one attached hydrogen (secondary N) is 2. The smallest absolute Gasteiger partial charge is 0.323 e. The van der Waals surface area contributed by atoms with Crippen molar-refractivity contribution in [2.45, 2.75) is 59.4 Å². The molecule has 0 saturated heterocycles. The minimum atomic E-state index is -0.472. The van der Waals surface area contributed by atoms with Crippen LogP contribution in [0.25, 0.3) is 22.0 Å². The van der Waals surface area contributed by atoms with Crippen molar-refractivity contribution in [3.05, 3.63) is 82.4 Å². The van der Waals surface area contributed by atoms with E-state index in [0.717, 1.165) is 33.3 Å². The molecule has 0 unspecified atom stereocenters. The Morgan fingerprint density at radius 2 is 1.53 bits per heavy atom. The molecule has 38 heavy (non-hydrogen) atoms. The van der Waals surface area contributed by atoms with Crippen molar-refractivity contribution < 1.29 is 9.53 Å². The largest absolute Gasteiger partial charge is 0.497 e. The molecule has 198 valence electrons. The monoisotopic (exact) mass is 512 g/mol. The van der Waals surface area contributed by atoms with Gasteiger partial charge in [0.15, 0.2) is 0 Å². The van der Waals surface area contributed by atoms with Gasteiger partial charge in [0.05, 0.1) is 12.6 Å². The summed E-state index contributed by atoms with van der Waals surface area (Å²) in [5.74, 6) is 1.07. The first-order chi connectivity index (χ1) is 18.1. The van der Waals surface area contributed by atoms with Crippen molar-refractivity contribution >= 4 is 28.3 Å². The third-order valence-electron chi connectivity index (χ3n) is 6.73. The number of para-hydroxylation sites is 1. The Morgan fingerprint density at radius 3 is 2.13 bits per heavy atom. The van der Waals surface area contributed by atoms with Gasteiger partial charge in [-0.05, 0) is 60.6 Å². The molecule has 7 heteroatoms. The van der Waals surface area contributed by atoms with E-state index in [1.54, 1.807) is 24.1 Å². The van der Waals surface area contributed by atoms with Crippen LogP contribution in [0.3, 0.4) is 0 Å². The van der Waals surface area contributed by atoms with Crippen molar-refractivity contribution in [1.82, 2.24) is 9.55 Å². The number of aromatic nitrogens is 2. The highest BCUT2D eigenvalue weighted by Gasteiger charge is 2.23. The van der Waals surface area contributed by atoms with E-state index in [-0.39, 0.29) is 29.1 Å². The first-order valence-corrected chi connectivity index (χ1v) is 13.0. The third kappa shape index (κ3) is 5.14. The van der Waals surface area contributed by atoms with E-state index < -0.39 is 6.03 Å². The van der Waals surface area contributed by atoms with E-state index in [1.807, 2.05) is 62.4 Å². The lowest BCUT2D eigenvalue weighted by molar-refractivity contribution is 0.262. The zero-order valence-corrected chi connectivity index (χ0v) is 23.1. The summed E-state index contributed by atoms with van der Waals surface area (Å²) in [5.41, 5.74) is 4.87. The van der Waals surface area contributed by atoms with Gasteiger partial charge in [0.1, 0.15) is 11.4 Å². The van der Waals surface area contributed by atoms with Gasteiger partial charge >= 0.3 is 6.03 Å². The number of rotatable bonds is 7. The molecule has 4 rings (SSSR count). The maximum absolute atomic E-state index is 14.0. The quantitative estimate of drug-likeness (QED) is 0.268. The second kappa shape index (κ2) is 11.1. The number of anilines is 2. The number of methoxy groups -OCH3 is 1. The summed E-state index contributed by atoms with van der Waals surface area (Å²) in [6, 6.07) is 14.8. The average molecular weight is 513 g/mol. The Kier molecular flexibility index (Phi) is 7.86. The minimum Gasteiger partial charge on any atom is -0.497 e. The molecular formula is C31H36N4O3. The second-order valence-corrected chi connectivity index (χ2v) is 10.3. The van der Waals surface area contributed by atoms with Gasteiger partial charge in [0, 0.05) is 35.1 Å². The van der Waals surface area contributed by atoms with E-state index in [1.165, 1.54) is 0 Å². The van der Waals surface area contributed by atoms with Gasteiger partial charge in [-0.15, -0.1) is 0 Å². The number of carbonyl (C=O) groups is 1. The molecule has 0 radical (unpaired) electrons. The fraction of sp³-hybridized carbons (Fsp3) is 0.323. The second-order valence-electron chi connectivity index (χ2n) is 10.3. The molecule has 0 atom stereocenters. The SMILES string of the molecule is COc1cccc(-c2c(NC(=O)Nc3c(C(C)C)cccc3C(C)C)c(=O)n(C(C)C)c3ccncc23)c1. The number of nitrogens with zero attached hydrogens (tertiary/aromatic N) is 2. The van der Waals surface area contributed by atoms with Crippen molar-refractivity contribution in [1.29, 1.82) is 0 Å². The van der Waals surface area contributed by atoms with Crippen molar-refractivity contribution in [2.24, 2.45) is 0 Å². The van der Waals surface area contributed by atoms with Gasteiger partial charge in [-0.3, -0.25) is 9.78 Å². The zero-order valence-electron chi connectivity index (χ0n) is 23.1. The van der Waals surface area contributed by atoms with Crippen LogP contribution in [0.15, 0.2) is 65.7 Å². The molecule has 0 aliphatic carbocycles. The van der Waals surface area contributed by atoms with Gasteiger partial charge in [0.2, 0.25) is 0 Å². The van der Waals surface area contributed by atoms with Crippen LogP contribution in [0, 0.1) is 0 Å². The summed E-state index contributed by atoms with van der Waals surface area (Å²) in [5, 5.41) is 6.77. The topological polar surface area (TPSA) is 85.3 Å². The highest BCUT2D eigenvalue weighted by atomic mass is 16.5. The van der Waals surface area contributed by atoms with Crippen LogP contribution in [0.4, 0.5) is 16.2 Å². The number of hydrogen-bond donors (Lipinski definition) is 2. The van der Waals surface area contributed by atoms with Crippen LogP contribution in [-0.2, 0) is 0 Å². The molecule has 2 aromatic heterocycles. The number of pyridine rings is 2. The van der Waals surface area contributed by atoms with Crippen molar-refractivity contribution in [3.63, 3.8) is 0 Å². The lowest BCUT2D eigenvalue weighted by atomic mass is 9.93. The molecule has 0 fully saturated rings. The first kappa shape index (κ1) is 26.9. The summed E-state index contributed by atoms with van der Waals surface area (Å²) < 4.78 is 7.15. The highest BCUT2D eigenvalue weighted by molar-refractivity contribution is 6.08. The molecular weight excluding hydrogens is 476 g/mol. The molecule has 2 heterocycles. The molecule has 4 aromatic rings. The fourth-order valence-corrected chi connectivity index (χ4v) is 4.92. The molecule has 0 saturated carbocycles. The Balaban J connectivity index is 1.91. The predicted molar refractivity (Wildman–Crippen MR) is 156 cm³/mol. The molecule has 0 bridgehead atoms. The van der Waals surface area contributed by atoms with Crippen LogP contribution in [0.2, 0.25) is 0 Å². The van der Waals surface area contributed by atoms with E-state index in [4.69, 9.17) is 4.74 Å². The molecule has 2 aromatic carbocycles. The number of carbonyl (C=O) groups excluding carboxylic acids is 1. The predicted octanol–water partition coefficient (Wildman–Crippen LogP) is 7.54. The van der Waals surface area contributed by atoms with E-state index in [9.17, 15) is 9.59 Å². The van der Waals surface area contributed by atoms with Crippen molar-refractivity contribution in [3.8, 4) is 16.9 Å². The Morgan fingerprint density at radius 1 is 0.895 bits per heavy atom. The number of ether oxygens (including phenoxy) is 1. The van der Waals surface area contributed by atoms with Crippen LogP contribution in [0.5, 0.6) is 5.75 Å². The number of amides is 2. The van der Waals surface area contributed by atoms with E-state index >= 15 is 0 Å². The van der Waals surface area contributed by atoms with Crippen LogP contribution >= 0.6 is 0 Å². The Bertz CT molecular complexity index is 1510. The fourth-order valence-electron chi connectivity index (χ4n) is 4.92. The first-order valence-electron chi connectivity index (χ1n) is 13.0. The standard InChI is InChI=1S/C31H36N4O3/c1-18(2)23-12-9-13-24(19(3)4)28(23)33-31(37)34-29-27(21-10-8-11-22(16-21)38-7)25-17-32-15-14-26(25)35(20(5)6)30(29)36/h8-20H,1-7H3,(H2,33,34,37). The normalized spacial score (nSPS) is 11.4. The maximum Gasteiger partial charge on any atom is 0.323 e. The molecule has 0 aliphatic rings. The van der Waals surface area contributed by atoms with Crippen LogP contribution in [0.1, 0.15) is 70.5 Å². The van der Waals surface area contributed by atoms with Gasteiger partial charge < -0.3 is 19.9 Å². The average Bonchev–Trinajstić information content (AvgIpc) is 2.88. The summed E-state index contributed by atoms with van der Waals surface area (Å²) >= 11 is 0. The summed E-state index contributed by atoms with van der Waals surface area (Å²) in [4.78, 5) is 31.9. The lowest BCUT2D eigenvalue weighted by Crippen LogP contribution is -2.31. The summed E-state index contributed by atoms with van der Waals surface area (Å²) in [6.45, 7) is 12.3. The Labute approximate surface area is 223 Å². The minimum absolute atomic E-state index is 0.135. The molecule has 0 spiro atoms. The molecule has 7 nitrogen and oxygen atoms in total. The van der Waals surface area contributed by atoms with E-state index in [0.29, 0.717) is 11.3 Å². The maximum atomic E-state index is 14.0. The van der Waals surface area contributed by atoms with Gasteiger partial charge in [0.25, 0.3) is 5.56 Å². The molecule has 0 aliphatic heterocycles. The third-order valence-corrected chi connectivity index (χ3v) is 6.73. The van der Waals surface area contributed by atoms with Gasteiger partial charge in [-0.2, -0.15) is 0 Å². The van der Waals surface area contributed by atoms with Crippen LogP contribution in [-0.4, -0.2) is 22.7 Å². The highest BCUT2D eigenvalue weighted by Crippen LogP contribution is 2.36. The number of fused-ring (bicyclic) bond motifs is 1. The number of benzene rings is 2. The zero-order chi connectivity index (χ0) is 27.6. The number of urea groups is 1. The summed E-state index contributed by atoms with van der Waals surface area (Å²) in [6.07, 6.45) is 3.41. The number of hydrogen-bond acceptors (Lipinski definition) is 4.